The number of nitrogens with zero attached hydrogens (tertiary/aromatic N) is 1. The SMILES string of the molecule is O=C(O)C1C2CCCC2CN1C(=O)C1CC1c1ccc(F)cc1. The Morgan fingerprint density at radius 2 is 1.91 bits per heavy atom. The molecule has 23 heavy (non-hydrogen) atoms. The lowest BCUT2D eigenvalue weighted by molar-refractivity contribution is -0.150. The van der Waals surface area contributed by atoms with Gasteiger partial charge in [0, 0.05) is 12.5 Å². The van der Waals surface area contributed by atoms with Crippen LogP contribution in [0.25, 0.3) is 0 Å². The Balaban J connectivity index is 1.49. The van der Waals surface area contributed by atoms with E-state index in [1.807, 2.05) is 0 Å². The van der Waals surface area contributed by atoms with Gasteiger partial charge in [-0.15, -0.1) is 0 Å². The van der Waals surface area contributed by atoms with Gasteiger partial charge in [-0.3, -0.25) is 4.79 Å². The number of aliphatic carboxylic acids is 1. The molecule has 1 saturated heterocycles. The summed E-state index contributed by atoms with van der Waals surface area (Å²) in [5.74, 6) is -0.731. The fourth-order valence-electron chi connectivity index (χ4n) is 4.61. The van der Waals surface area contributed by atoms with E-state index in [2.05, 4.69) is 0 Å². The van der Waals surface area contributed by atoms with Gasteiger partial charge in [-0.1, -0.05) is 18.6 Å². The number of halogens is 1. The number of amides is 1. The number of hydrogen-bond donors (Lipinski definition) is 1. The normalized spacial score (nSPS) is 35.2. The predicted molar refractivity (Wildman–Crippen MR) is 81.2 cm³/mol. The average molecular weight is 317 g/mol. The van der Waals surface area contributed by atoms with Crippen LogP contribution in [-0.2, 0) is 9.59 Å². The molecule has 3 fully saturated rings. The highest BCUT2D eigenvalue weighted by molar-refractivity contribution is 5.88. The largest absolute Gasteiger partial charge is 0.480 e. The van der Waals surface area contributed by atoms with Gasteiger partial charge < -0.3 is 10.0 Å². The molecule has 1 amide bonds. The third-order valence-corrected chi connectivity index (χ3v) is 5.83. The van der Waals surface area contributed by atoms with Crippen LogP contribution in [0.2, 0.25) is 0 Å². The maximum atomic E-state index is 13.0. The van der Waals surface area contributed by atoms with E-state index in [1.54, 1.807) is 17.0 Å². The summed E-state index contributed by atoms with van der Waals surface area (Å²) in [6, 6.07) is 5.62. The Bertz CT molecular complexity index is 644. The predicted octanol–water partition coefficient (Wildman–Crippen LogP) is 2.64. The van der Waals surface area contributed by atoms with E-state index in [-0.39, 0.29) is 29.5 Å². The fraction of sp³-hybridized carbons (Fsp3) is 0.556. The standard InChI is InChI=1S/C18H20FNO3/c19-12-6-4-10(5-7-12)14-8-15(14)17(21)20-9-11-2-1-3-13(11)16(20)18(22)23/h4-7,11,13-16H,1-3,8-9H2,(H,22,23). The quantitative estimate of drug-likeness (QED) is 0.932. The lowest BCUT2D eigenvalue weighted by Gasteiger charge is -2.24. The molecule has 4 nitrogen and oxygen atoms in total. The minimum absolute atomic E-state index is 0.0267. The van der Waals surface area contributed by atoms with Crippen molar-refractivity contribution in [1.82, 2.24) is 4.90 Å². The number of rotatable bonds is 3. The minimum Gasteiger partial charge on any atom is -0.480 e. The van der Waals surface area contributed by atoms with Crippen LogP contribution < -0.4 is 0 Å². The molecule has 2 aliphatic carbocycles. The maximum Gasteiger partial charge on any atom is 0.326 e. The van der Waals surface area contributed by atoms with E-state index >= 15 is 0 Å². The van der Waals surface area contributed by atoms with E-state index in [0.717, 1.165) is 31.2 Å². The van der Waals surface area contributed by atoms with Crippen molar-refractivity contribution in [3.8, 4) is 0 Å². The number of benzene rings is 1. The van der Waals surface area contributed by atoms with Crippen LogP contribution in [0, 0.1) is 23.6 Å². The molecule has 0 bridgehead atoms. The summed E-state index contributed by atoms with van der Waals surface area (Å²) in [6.45, 7) is 0.590. The van der Waals surface area contributed by atoms with Gasteiger partial charge in [-0.05, 0) is 54.7 Å². The molecule has 122 valence electrons. The van der Waals surface area contributed by atoms with Gasteiger partial charge in [0.25, 0.3) is 0 Å². The Labute approximate surface area is 134 Å². The topological polar surface area (TPSA) is 57.6 Å². The van der Waals surface area contributed by atoms with Crippen molar-refractivity contribution in [1.29, 1.82) is 0 Å². The van der Waals surface area contributed by atoms with Gasteiger partial charge in [-0.2, -0.15) is 0 Å². The monoisotopic (exact) mass is 317 g/mol. The molecule has 0 spiro atoms. The van der Waals surface area contributed by atoms with Crippen LogP contribution in [0.5, 0.6) is 0 Å². The third-order valence-electron chi connectivity index (χ3n) is 5.83. The van der Waals surface area contributed by atoms with Crippen LogP contribution in [0.15, 0.2) is 24.3 Å². The molecule has 0 radical (unpaired) electrons. The van der Waals surface area contributed by atoms with E-state index in [1.165, 1.54) is 12.1 Å². The van der Waals surface area contributed by atoms with Crippen molar-refractivity contribution in [2.45, 2.75) is 37.6 Å². The van der Waals surface area contributed by atoms with Crippen LogP contribution in [0.3, 0.4) is 0 Å². The summed E-state index contributed by atoms with van der Waals surface area (Å²) in [5.41, 5.74) is 0.969. The zero-order valence-electron chi connectivity index (χ0n) is 12.8. The van der Waals surface area contributed by atoms with E-state index in [0.29, 0.717) is 12.5 Å². The van der Waals surface area contributed by atoms with Gasteiger partial charge >= 0.3 is 5.97 Å². The first-order valence-corrected chi connectivity index (χ1v) is 8.35. The Hall–Kier alpha value is -1.91. The number of hydrogen-bond acceptors (Lipinski definition) is 2. The second-order valence-electron chi connectivity index (χ2n) is 7.13. The molecule has 5 unspecified atom stereocenters. The van der Waals surface area contributed by atoms with Crippen LogP contribution in [-0.4, -0.2) is 34.5 Å². The lowest BCUT2D eigenvalue weighted by atomic mass is 9.94. The summed E-state index contributed by atoms with van der Waals surface area (Å²) in [4.78, 5) is 26.1. The van der Waals surface area contributed by atoms with Crippen LogP contribution >= 0.6 is 0 Å². The molecule has 1 aromatic rings. The average Bonchev–Trinajstić information content (AvgIpc) is 3.03. The van der Waals surface area contributed by atoms with Crippen molar-refractivity contribution in [2.75, 3.05) is 6.54 Å². The molecule has 5 heteroatoms. The molecule has 1 aliphatic heterocycles. The first-order valence-electron chi connectivity index (χ1n) is 8.35. The van der Waals surface area contributed by atoms with Crippen LogP contribution in [0.4, 0.5) is 4.39 Å². The summed E-state index contributed by atoms with van der Waals surface area (Å²) in [6.07, 6.45) is 3.76. The van der Waals surface area contributed by atoms with Crippen molar-refractivity contribution in [2.24, 2.45) is 17.8 Å². The van der Waals surface area contributed by atoms with Gasteiger partial charge in [0.1, 0.15) is 11.9 Å². The second-order valence-corrected chi connectivity index (χ2v) is 7.13. The summed E-state index contributed by atoms with van der Waals surface area (Å²) < 4.78 is 13.0. The third kappa shape index (κ3) is 2.42. The lowest BCUT2D eigenvalue weighted by Crippen LogP contribution is -2.44. The molecular weight excluding hydrogens is 297 g/mol. The molecule has 3 aliphatic rings. The van der Waals surface area contributed by atoms with Gasteiger partial charge in [0.2, 0.25) is 5.91 Å². The molecule has 0 aromatic heterocycles. The second kappa shape index (κ2) is 5.32. The fourth-order valence-corrected chi connectivity index (χ4v) is 4.61. The summed E-state index contributed by atoms with van der Waals surface area (Å²) >= 11 is 0. The molecule has 1 N–H and O–H groups in total. The van der Waals surface area contributed by atoms with E-state index in [4.69, 9.17) is 0 Å². The van der Waals surface area contributed by atoms with Gasteiger partial charge in [-0.25, -0.2) is 9.18 Å². The first kappa shape index (κ1) is 14.7. The highest BCUT2D eigenvalue weighted by Crippen LogP contribution is 2.51. The molecule has 2 saturated carbocycles. The number of carbonyl (C=O) groups excluding carboxylic acids is 1. The Morgan fingerprint density at radius 3 is 2.61 bits per heavy atom. The zero-order chi connectivity index (χ0) is 16.1. The van der Waals surface area contributed by atoms with Crippen molar-refractivity contribution < 1.29 is 19.1 Å². The highest BCUT2D eigenvalue weighted by Gasteiger charge is 2.54. The van der Waals surface area contributed by atoms with Gasteiger partial charge in [0.05, 0.1) is 0 Å². The van der Waals surface area contributed by atoms with E-state index in [9.17, 15) is 19.1 Å². The number of fused-ring (bicyclic) bond motifs is 1. The number of carboxylic acids is 1. The Morgan fingerprint density at radius 1 is 1.17 bits per heavy atom. The molecule has 4 rings (SSSR count). The molecule has 5 atom stereocenters. The smallest absolute Gasteiger partial charge is 0.326 e. The molecule has 1 heterocycles. The van der Waals surface area contributed by atoms with Crippen molar-refractivity contribution in [3.05, 3.63) is 35.6 Å². The number of likely N-dealkylation sites (tertiary alicyclic amines) is 1. The van der Waals surface area contributed by atoms with Gasteiger partial charge in [0.15, 0.2) is 0 Å². The first-order chi connectivity index (χ1) is 11.1. The summed E-state index contributed by atoms with van der Waals surface area (Å²) in [7, 11) is 0. The minimum atomic E-state index is -0.869. The summed E-state index contributed by atoms with van der Waals surface area (Å²) in [5, 5.41) is 9.56. The van der Waals surface area contributed by atoms with Crippen LogP contribution in [0.1, 0.15) is 37.2 Å². The van der Waals surface area contributed by atoms with Crippen molar-refractivity contribution >= 4 is 11.9 Å². The number of carbonyl (C=O) groups is 2. The maximum absolute atomic E-state index is 13.0. The van der Waals surface area contributed by atoms with Crippen molar-refractivity contribution in [3.63, 3.8) is 0 Å². The Kier molecular flexibility index (Phi) is 3.39. The molecule has 1 aromatic carbocycles. The number of carboxylic acid groups (broad SMARTS) is 1. The molecular formula is C18H20FNO3. The highest BCUT2D eigenvalue weighted by atomic mass is 19.1. The van der Waals surface area contributed by atoms with E-state index < -0.39 is 12.0 Å². The zero-order valence-corrected chi connectivity index (χ0v) is 12.8.